The van der Waals surface area contributed by atoms with Crippen LogP contribution in [0.15, 0.2) is 0 Å². The molecule has 4 rings (SSSR count). The third-order valence-corrected chi connectivity index (χ3v) is 6.23. The minimum atomic E-state index is 0.195. The molecule has 2 nitrogen and oxygen atoms in total. The van der Waals surface area contributed by atoms with Crippen molar-refractivity contribution in [3.05, 3.63) is 0 Å². The SMILES string of the molecule is CC12CCCCC1(CC13CCCCC1(C)O3)O2. The maximum absolute atomic E-state index is 6.21. The Balaban J connectivity index is 1.55. The van der Waals surface area contributed by atoms with E-state index in [2.05, 4.69) is 13.8 Å². The van der Waals surface area contributed by atoms with Crippen molar-refractivity contribution >= 4 is 0 Å². The van der Waals surface area contributed by atoms with Crippen LogP contribution in [-0.2, 0) is 9.47 Å². The second-order valence-electron chi connectivity index (χ2n) is 7.25. The van der Waals surface area contributed by atoms with E-state index in [-0.39, 0.29) is 22.4 Å². The number of hydrogen-bond acceptors (Lipinski definition) is 2. The second-order valence-corrected chi connectivity index (χ2v) is 7.25. The van der Waals surface area contributed by atoms with Crippen LogP contribution in [0.4, 0.5) is 0 Å². The maximum Gasteiger partial charge on any atom is 0.101 e. The Kier molecular flexibility index (Phi) is 1.85. The number of epoxide rings is 2. The van der Waals surface area contributed by atoms with Crippen LogP contribution in [0.2, 0.25) is 0 Å². The first-order chi connectivity index (χ1) is 8.04. The molecular weight excluding hydrogens is 212 g/mol. The smallest absolute Gasteiger partial charge is 0.101 e. The molecule has 4 aliphatic rings. The van der Waals surface area contributed by atoms with Gasteiger partial charge in [0.2, 0.25) is 0 Å². The molecule has 0 spiro atoms. The summed E-state index contributed by atoms with van der Waals surface area (Å²) in [7, 11) is 0. The van der Waals surface area contributed by atoms with E-state index in [1.807, 2.05) is 0 Å². The Morgan fingerprint density at radius 1 is 0.706 bits per heavy atom. The normalized spacial score (nSPS) is 60.4. The molecule has 17 heavy (non-hydrogen) atoms. The zero-order chi connectivity index (χ0) is 11.8. The molecule has 0 radical (unpaired) electrons. The molecule has 4 fully saturated rings. The van der Waals surface area contributed by atoms with Crippen molar-refractivity contribution in [3.8, 4) is 0 Å². The van der Waals surface area contributed by atoms with Gasteiger partial charge >= 0.3 is 0 Å². The molecule has 0 N–H and O–H groups in total. The van der Waals surface area contributed by atoms with Gasteiger partial charge in [0.1, 0.15) is 11.2 Å². The summed E-state index contributed by atoms with van der Waals surface area (Å²) < 4.78 is 12.4. The van der Waals surface area contributed by atoms with Gasteiger partial charge in [-0.25, -0.2) is 0 Å². The quantitative estimate of drug-likeness (QED) is 0.685. The third-order valence-electron chi connectivity index (χ3n) is 6.23. The predicted molar refractivity (Wildman–Crippen MR) is 66.0 cm³/mol. The van der Waals surface area contributed by atoms with Gasteiger partial charge in [0.05, 0.1) is 11.2 Å². The van der Waals surface area contributed by atoms with Gasteiger partial charge in [-0.15, -0.1) is 0 Å². The highest BCUT2D eigenvalue weighted by atomic mass is 16.7. The van der Waals surface area contributed by atoms with Crippen LogP contribution in [0.25, 0.3) is 0 Å². The van der Waals surface area contributed by atoms with E-state index in [1.165, 1.54) is 57.8 Å². The number of ether oxygens (including phenoxy) is 2. The van der Waals surface area contributed by atoms with E-state index >= 15 is 0 Å². The van der Waals surface area contributed by atoms with Crippen LogP contribution < -0.4 is 0 Å². The van der Waals surface area contributed by atoms with E-state index in [9.17, 15) is 0 Å². The van der Waals surface area contributed by atoms with Crippen LogP contribution >= 0.6 is 0 Å². The van der Waals surface area contributed by atoms with Crippen molar-refractivity contribution < 1.29 is 9.47 Å². The lowest BCUT2D eigenvalue weighted by Crippen LogP contribution is -2.37. The summed E-state index contributed by atoms with van der Waals surface area (Å²) in [6, 6.07) is 0. The lowest BCUT2D eigenvalue weighted by atomic mass is 9.70. The topological polar surface area (TPSA) is 25.1 Å². The molecule has 2 heteroatoms. The molecule has 2 heterocycles. The first kappa shape index (κ1) is 10.8. The average molecular weight is 236 g/mol. The largest absolute Gasteiger partial charge is 0.363 e. The molecular formula is C15H24O2. The first-order valence-corrected chi connectivity index (χ1v) is 7.44. The zero-order valence-corrected chi connectivity index (χ0v) is 11.2. The van der Waals surface area contributed by atoms with Crippen LogP contribution in [0, 0.1) is 0 Å². The Morgan fingerprint density at radius 2 is 1.12 bits per heavy atom. The number of rotatable bonds is 2. The Hall–Kier alpha value is -0.0800. The van der Waals surface area contributed by atoms with E-state index in [4.69, 9.17) is 9.47 Å². The maximum atomic E-state index is 6.21. The molecule has 2 saturated carbocycles. The highest BCUT2D eigenvalue weighted by molar-refractivity contribution is 5.25. The standard InChI is InChI=1S/C15H24O2/c1-12-7-3-5-9-14(12,16-12)11-15-10-6-4-8-13(15,2)17-15/h3-11H2,1-2H3. The van der Waals surface area contributed by atoms with Crippen molar-refractivity contribution in [3.63, 3.8) is 0 Å². The van der Waals surface area contributed by atoms with Crippen LogP contribution in [0.5, 0.6) is 0 Å². The predicted octanol–water partition coefficient (Wildman–Crippen LogP) is 3.58. The fourth-order valence-electron chi connectivity index (χ4n) is 4.83. The van der Waals surface area contributed by atoms with E-state index < -0.39 is 0 Å². The average Bonchev–Trinajstić information content (AvgIpc) is 3.08. The molecule has 2 aliphatic heterocycles. The summed E-state index contributed by atoms with van der Waals surface area (Å²) in [6.45, 7) is 4.65. The number of hydrogen-bond donors (Lipinski definition) is 0. The monoisotopic (exact) mass is 236 g/mol. The van der Waals surface area contributed by atoms with Crippen molar-refractivity contribution in [2.24, 2.45) is 0 Å². The highest BCUT2D eigenvalue weighted by Crippen LogP contribution is 2.68. The second kappa shape index (κ2) is 2.91. The summed E-state index contributed by atoms with van der Waals surface area (Å²) in [4.78, 5) is 0. The van der Waals surface area contributed by atoms with Gasteiger partial charge in [0.15, 0.2) is 0 Å². The fraction of sp³-hybridized carbons (Fsp3) is 1.00. The van der Waals surface area contributed by atoms with Gasteiger partial charge in [-0.1, -0.05) is 25.7 Å². The van der Waals surface area contributed by atoms with Gasteiger partial charge in [-0.2, -0.15) is 0 Å². The van der Waals surface area contributed by atoms with Gasteiger partial charge in [0.25, 0.3) is 0 Å². The van der Waals surface area contributed by atoms with Crippen molar-refractivity contribution in [2.45, 2.75) is 94.0 Å². The van der Waals surface area contributed by atoms with Crippen molar-refractivity contribution in [1.82, 2.24) is 0 Å². The van der Waals surface area contributed by atoms with Crippen LogP contribution in [0.1, 0.15) is 71.6 Å². The third kappa shape index (κ3) is 1.24. The highest BCUT2D eigenvalue weighted by Gasteiger charge is 2.76. The van der Waals surface area contributed by atoms with E-state index in [0.29, 0.717) is 0 Å². The first-order valence-electron chi connectivity index (χ1n) is 7.44. The summed E-state index contributed by atoms with van der Waals surface area (Å²) in [5.41, 5.74) is 0.787. The van der Waals surface area contributed by atoms with Gasteiger partial charge in [-0.05, 0) is 39.5 Å². The molecule has 0 aromatic heterocycles. The fourth-order valence-corrected chi connectivity index (χ4v) is 4.83. The molecule has 0 bridgehead atoms. The van der Waals surface area contributed by atoms with Gasteiger partial charge in [0, 0.05) is 6.42 Å². The van der Waals surface area contributed by atoms with Gasteiger partial charge in [-0.3, -0.25) is 0 Å². The lowest BCUT2D eigenvalue weighted by Gasteiger charge is -2.28. The van der Waals surface area contributed by atoms with Crippen molar-refractivity contribution in [2.75, 3.05) is 0 Å². The molecule has 96 valence electrons. The lowest BCUT2D eigenvalue weighted by molar-refractivity contribution is 0.186. The Labute approximate surface area is 104 Å². The van der Waals surface area contributed by atoms with E-state index in [1.54, 1.807) is 0 Å². The summed E-state index contributed by atoms with van der Waals surface area (Å²) in [5.74, 6) is 0. The Morgan fingerprint density at radius 3 is 1.53 bits per heavy atom. The summed E-state index contributed by atoms with van der Waals surface area (Å²) in [5, 5.41) is 0. The molecule has 4 unspecified atom stereocenters. The van der Waals surface area contributed by atoms with Crippen molar-refractivity contribution in [1.29, 1.82) is 0 Å². The minimum absolute atomic E-state index is 0.195. The number of fused-ring (bicyclic) bond motifs is 2. The molecule has 0 amide bonds. The van der Waals surface area contributed by atoms with Gasteiger partial charge < -0.3 is 9.47 Å². The molecule has 4 atom stereocenters. The molecule has 2 saturated heterocycles. The van der Waals surface area contributed by atoms with E-state index in [0.717, 1.165) is 0 Å². The summed E-state index contributed by atoms with van der Waals surface area (Å²) in [6.07, 6.45) is 11.6. The molecule has 2 aliphatic carbocycles. The Bertz CT molecular complexity index is 326. The van der Waals surface area contributed by atoms with Crippen LogP contribution in [-0.4, -0.2) is 22.4 Å². The minimum Gasteiger partial charge on any atom is -0.363 e. The molecule has 0 aromatic carbocycles. The van der Waals surface area contributed by atoms with Crippen LogP contribution in [0.3, 0.4) is 0 Å². The summed E-state index contributed by atoms with van der Waals surface area (Å²) >= 11 is 0. The zero-order valence-electron chi connectivity index (χ0n) is 11.2. The molecule has 0 aromatic rings.